The zero-order valence-corrected chi connectivity index (χ0v) is 9.70. The molecule has 3 heterocycles. The van der Waals surface area contributed by atoms with E-state index in [1.54, 1.807) is 24.5 Å². The van der Waals surface area contributed by atoms with E-state index in [1.165, 1.54) is 12.3 Å². The Morgan fingerprint density at radius 3 is 2.95 bits per heavy atom. The SMILES string of the molecule is O=C(NCc1cc(-c2ccco2)on1)c1ccno1. The van der Waals surface area contributed by atoms with Crippen LogP contribution in [-0.2, 0) is 6.54 Å². The van der Waals surface area contributed by atoms with Crippen LogP contribution in [0.15, 0.2) is 50.2 Å². The minimum absolute atomic E-state index is 0.148. The smallest absolute Gasteiger partial charge is 0.290 e. The van der Waals surface area contributed by atoms with E-state index >= 15 is 0 Å². The molecule has 1 amide bonds. The molecule has 0 fully saturated rings. The normalized spacial score (nSPS) is 10.5. The molecule has 7 heteroatoms. The number of nitrogens with zero attached hydrogens (tertiary/aromatic N) is 2. The number of furan rings is 1. The maximum absolute atomic E-state index is 11.6. The van der Waals surface area contributed by atoms with E-state index in [0.717, 1.165) is 0 Å². The zero-order chi connectivity index (χ0) is 13.1. The summed E-state index contributed by atoms with van der Waals surface area (Å²) < 4.78 is 15.0. The first kappa shape index (κ1) is 11.3. The van der Waals surface area contributed by atoms with Gasteiger partial charge in [-0.1, -0.05) is 10.3 Å². The fraction of sp³-hybridized carbons (Fsp3) is 0.0833. The number of nitrogens with one attached hydrogen (secondary N) is 1. The Bertz CT molecular complexity index is 655. The summed E-state index contributed by atoms with van der Waals surface area (Å²) in [5.41, 5.74) is 0.583. The third kappa shape index (κ3) is 2.39. The quantitative estimate of drug-likeness (QED) is 0.768. The number of carbonyl (C=O) groups is 1. The summed E-state index contributed by atoms with van der Waals surface area (Å²) in [6.45, 7) is 0.226. The molecule has 7 nitrogen and oxygen atoms in total. The summed E-state index contributed by atoms with van der Waals surface area (Å²) in [4.78, 5) is 11.6. The van der Waals surface area contributed by atoms with E-state index in [1.807, 2.05) is 0 Å². The molecule has 0 aromatic carbocycles. The van der Waals surface area contributed by atoms with E-state index in [0.29, 0.717) is 17.2 Å². The molecule has 0 radical (unpaired) electrons. The number of amides is 1. The fourth-order valence-electron chi connectivity index (χ4n) is 1.52. The minimum Gasteiger partial charge on any atom is -0.461 e. The van der Waals surface area contributed by atoms with Crippen LogP contribution in [0, 0.1) is 0 Å². The highest BCUT2D eigenvalue weighted by molar-refractivity contribution is 5.91. The molecule has 1 N–H and O–H groups in total. The van der Waals surface area contributed by atoms with Gasteiger partial charge < -0.3 is 18.8 Å². The van der Waals surface area contributed by atoms with Crippen molar-refractivity contribution >= 4 is 5.91 Å². The van der Waals surface area contributed by atoms with Gasteiger partial charge in [0.2, 0.25) is 11.5 Å². The van der Waals surface area contributed by atoms with Crippen molar-refractivity contribution in [3.63, 3.8) is 0 Å². The molecule has 19 heavy (non-hydrogen) atoms. The largest absolute Gasteiger partial charge is 0.461 e. The van der Waals surface area contributed by atoms with Gasteiger partial charge in [-0.25, -0.2) is 0 Å². The van der Waals surface area contributed by atoms with E-state index in [-0.39, 0.29) is 18.2 Å². The van der Waals surface area contributed by atoms with Gasteiger partial charge in [0.25, 0.3) is 5.91 Å². The molecule has 0 aliphatic rings. The van der Waals surface area contributed by atoms with Crippen LogP contribution in [0.5, 0.6) is 0 Å². The Labute approximate surface area is 107 Å². The average Bonchev–Trinajstić information content (AvgIpc) is 3.14. The van der Waals surface area contributed by atoms with Crippen LogP contribution in [0.25, 0.3) is 11.5 Å². The Hall–Kier alpha value is -2.83. The van der Waals surface area contributed by atoms with Crippen LogP contribution in [0.2, 0.25) is 0 Å². The second-order valence-electron chi connectivity index (χ2n) is 3.72. The fourth-order valence-corrected chi connectivity index (χ4v) is 1.52. The summed E-state index contributed by atoms with van der Waals surface area (Å²) in [7, 11) is 0. The van der Waals surface area contributed by atoms with Gasteiger partial charge in [-0.2, -0.15) is 0 Å². The lowest BCUT2D eigenvalue weighted by atomic mass is 10.3. The van der Waals surface area contributed by atoms with Gasteiger partial charge in [-0.3, -0.25) is 4.79 Å². The Morgan fingerprint density at radius 2 is 2.21 bits per heavy atom. The molecular formula is C12H9N3O4. The third-order valence-electron chi connectivity index (χ3n) is 2.41. The summed E-state index contributed by atoms with van der Waals surface area (Å²) in [6.07, 6.45) is 2.95. The number of hydrogen-bond donors (Lipinski definition) is 1. The van der Waals surface area contributed by atoms with E-state index < -0.39 is 0 Å². The Kier molecular flexibility index (Phi) is 2.85. The number of aromatic nitrogens is 2. The summed E-state index contributed by atoms with van der Waals surface area (Å²) >= 11 is 0. The highest BCUT2D eigenvalue weighted by Crippen LogP contribution is 2.20. The highest BCUT2D eigenvalue weighted by atomic mass is 16.5. The topological polar surface area (TPSA) is 94.3 Å². The van der Waals surface area contributed by atoms with Crippen molar-refractivity contribution < 1.29 is 18.3 Å². The van der Waals surface area contributed by atoms with E-state index in [2.05, 4.69) is 15.6 Å². The number of carbonyl (C=O) groups excluding carboxylic acids is 1. The van der Waals surface area contributed by atoms with Crippen LogP contribution < -0.4 is 5.32 Å². The van der Waals surface area contributed by atoms with Gasteiger partial charge in [-0.15, -0.1) is 0 Å². The molecule has 0 unspecified atom stereocenters. The molecule has 0 aliphatic heterocycles. The van der Waals surface area contributed by atoms with Crippen molar-refractivity contribution in [3.8, 4) is 11.5 Å². The second-order valence-corrected chi connectivity index (χ2v) is 3.72. The first-order chi connectivity index (χ1) is 9.33. The standard InChI is InChI=1S/C12H9N3O4/c16-12(10-3-4-14-18-10)13-7-8-6-11(19-15-8)9-2-1-5-17-9/h1-6H,7H2,(H,13,16). The second kappa shape index (κ2) is 4.81. The van der Waals surface area contributed by atoms with Crippen LogP contribution in [0.3, 0.4) is 0 Å². The maximum Gasteiger partial charge on any atom is 0.290 e. The summed E-state index contributed by atoms with van der Waals surface area (Å²) in [5.74, 6) is 0.879. The number of hydrogen-bond acceptors (Lipinski definition) is 6. The first-order valence-corrected chi connectivity index (χ1v) is 5.51. The first-order valence-electron chi connectivity index (χ1n) is 5.51. The molecule has 3 rings (SSSR count). The van der Waals surface area contributed by atoms with Gasteiger partial charge >= 0.3 is 0 Å². The maximum atomic E-state index is 11.6. The molecular weight excluding hydrogens is 250 g/mol. The van der Waals surface area contributed by atoms with Crippen LogP contribution in [-0.4, -0.2) is 16.2 Å². The molecule has 3 aromatic heterocycles. The Morgan fingerprint density at radius 1 is 1.26 bits per heavy atom. The van der Waals surface area contributed by atoms with Gasteiger partial charge in [-0.05, 0) is 12.1 Å². The molecule has 0 saturated heterocycles. The van der Waals surface area contributed by atoms with E-state index in [9.17, 15) is 4.79 Å². The van der Waals surface area contributed by atoms with Crippen molar-refractivity contribution in [1.82, 2.24) is 15.6 Å². The molecule has 0 atom stereocenters. The van der Waals surface area contributed by atoms with Gasteiger partial charge in [0.05, 0.1) is 19.0 Å². The van der Waals surface area contributed by atoms with E-state index in [4.69, 9.17) is 13.5 Å². The Balaban J connectivity index is 1.63. The third-order valence-corrected chi connectivity index (χ3v) is 2.41. The van der Waals surface area contributed by atoms with Crippen LogP contribution >= 0.6 is 0 Å². The molecule has 0 saturated carbocycles. The monoisotopic (exact) mass is 259 g/mol. The number of rotatable bonds is 4. The predicted octanol–water partition coefficient (Wildman–Crippen LogP) is 1.85. The van der Waals surface area contributed by atoms with Crippen molar-refractivity contribution in [1.29, 1.82) is 0 Å². The van der Waals surface area contributed by atoms with Crippen LogP contribution in [0.1, 0.15) is 16.2 Å². The lowest BCUT2D eigenvalue weighted by Crippen LogP contribution is -2.22. The van der Waals surface area contributed by atoms with Crippen molar-refractivity contribution in [2.75, 3.05) is 0 Å². The van der Waals surface area contributed by atoms with Gasteiger partial charge in [0.1, 0.15) is 5.69 Å². The highest BCUT2D eigenvalue weighted by Gasteiger charge is 2.12. The molecule has 0 aliphatic carbocycles. The zero-order valence-electron chi connectivity index (χ0n) is 9.70. The molecule has 0 spiro atoms. The molecule has 3 aromatic rings. The predicted molar refractivity (Wildman–Crippen MR) is 61.9 cm³/mol. The lowest BCUT2D eigenvalue weighted by Gasteiger charge is -1.97. The van der Waals surface area contributed by atoms with Crippen molar-refractivity contribution in [2.45, 2.75) is 6.54 Å². The van der Waals surface area contributed by atoms with Crippen molar-refractivity contribution in [2.24, 2.45) is 0 Å². The lowest BCUT2D eigenvalue weighted by molar-refractivity contribution is 0.0913. The molecule has 96 valence electrons. The molecule has 0 bridgehead atoms. The summed E-state index contributed by atoms with van der Waals surface area (Å²) in [6, 6.07) is 6.69. The van der Waals surface area contributed by atoms with Crippen LogP contribution in [0.4, 0.5) is 0 Å². The van der Waals surface area contributed by atoms with Gasteiger partial charge in [0.15, 0.2) is 5.76 Å². The minimum atomic E-state index is -0.361. The van der Waals surface area contributed by atoms with Gasteiger partial charge in [0, 0.05) is 12.1 Å². The average molecular weight is 259 g/mol. The summed E-state index contributed by atoms with van der Waals surface area (Å²) in [5, 5.41) is 9.92. The van der Waals surface area contributed by atoms with Crippen molar-refractivity contribution in [3.05, 3.63) is 48.2 Å².